The molecule has 0 saturated heterocycles. The highest BCUT2D eigenvalue weighted by molar-refractivity contribution is 5.54. The van der Waals surface area contributed by atoms with Crippen LogP contribution in [0.15, 0.2) is 24.3 Å². The van der Waals surface area contributed by atoms with E-state index in [9.17, 15) is 0 Å². The first kappa shape index (κ1) is 15.0. The van der Waals surface area contributed by atoms with Crippen molar-refractivity contribution in [3.05, 3.63) is 29.8 Å². The van der Waals surface area contributed by atoms with Crippen LogP contribution in [-0.4, -0.2) is 25.3 Å². The maximum absolute atomic E-state index is 8.77. The first-order valence-corrected chi connectivity index (χ1v) is 6.87. The van der Waals surface area contributed by atoms with Crippen LogP contribution < -0.4 is 10.6 Å². The number of unbranched alkanes of at least 4 members (excludes halogenated alkanes) is 2. The topological polar surface area (TPSA) is 49.5 Å². The summed E-state index contributed by atoms with van der Waals surface area (Å²) in [6.45, 7) is 3.41. The molecule has 0 unspecified atom stereocenters. The van der Waals surface area contributed by atoms with Gasteiger partial charge in [0, 0.05) is 31.9 Å². The fourth-order valence-electron chi connectivity index (χ4n) is 2.13. The molecule has 0 heterocycles. The first-order chi connectivity index (χ1) is 8.70. The molecule has 0 aliphatic carbocycles. The molecule has 0 aromatic heterocycles. The van der Waals surface area contributed by atoms with Crippen molar-refractivity contribution in [3.63, 3.8) is 0 Å². The van der Waals surface area contributed by atoms with E-state index in [0.29, 0.717) is 6.61 Å². The Morgan fingerprint density at radius 2 is 1.94 bits per heavy atom. The van der Waals surface area contributed by atoms with E-state index in [4.69, 9.17) is 10.8 Å². The van der Waals surface area contributed by atoms with Gasteiger partial charge in [-0.25, -0.2) is 0 Å². The molecule has 0 spiro atoms. The second-order valence-corrected chi connectivity index (χ2v) is 4.78. The Bertz CT molecular complexity index is 341. The minimum Gasteiger partial charge on any atom is -0.396 e. The number of benzene rings is 1. The Balaban J connectivity index is 2.63. The molecule has 1 aromatic carbocycles. The molecule has 3 N–H and O–H groups in total. The number of anilines is 1. The molecule has 0 radical (unpaired) electrons. The molecule has 1 aromatic rings. The second-order valence-electron chi connectivity index (χ2n) is 4.78. The number of rotatable bonds is 8. The van der Waals surface area contributed by atoms with Crippen LogP contribution in [0, 0.1) is 0 Å². The van der Waals surface area contributed by atoms with Crippen LogP contribution in [0.25, 0.3) is 0 Å². The van der Waals surface area contributed by atoms with E-state index in [1.165, 1.54) is 11.3 Å². The summed E-state index contributed by atoms with van der Waals surface area (Å²) in [5.41, 5.74) is 8.61. The van der Waals surface area contributed by atoms with Gasteiger partial charge in [-0.2, -0.15) is 0 Å². The lowest BCUT2D eigenvalue weighted by molar-refractivity contribution is 0.283. The average molecular weight is 250 g/mol. The third-order valence-electron chi connectivity index (χ3n) is 3.34. The van der Waals surface area contributed by atoms with Crippen LogP contribution in [0.5, 0.6) is 0 Å². The van der Waals surface area contributed by atoms with E-state index in [1.807, 2.05) is 6.07 Å². The lowest BCUT2D eigenvalue weighted by Gasteiger charge is -2.24. The van der Waals surface area contributed by atoms with Gasteiger partial charge in [0.1, 0.15) is 0 Å². The molecule has 0 aliphatic rings. The number of nitrogens with two attached hydrogens (primary N) is 1. The summed E-state index contributed by atoms with van der Waals surface area (Å²) in [6.07, 6.45) is 4.02. The number of nitrogens with zero attached hydrogens (tertiary/aromatic N) is 1. The molecule has 0 bridgehead atoms. The van der Waals surface area contributed by atoms with Crippen molar-refractivity contribution in [2.75, 3.05) is 25.1 Å². The number of hydrogen-bond donors (Lipinski definition) is 2. The third-order valence-corrected chi connectivity index (χ3v) is 3.34. The normalized spacial score (nSPS) is 12.4. The molecule has 3 nitrogen and oxygen atoms in total. The molecule has 0 aliphatic heterocycles. The van der Waals surface area contributed by atoms with Crippen LogP contribution in [0.2, 0.25) is 0 Å². The molecule has 1 rings (SSSR count). The standard InChI is InChI=1S/C15H26N2O/c1-3-14(16)13-9-5-6-10-15(13)17(2)11-7-4-8-12-18/h5-6,9-10,14,18H,3-4,7-8,11-12,16H2,1-2H3/t14-/m0/s1. The highest BCUT2D eigenvalue weighted by Crippen LogP contribution is 2.26. The van der Waals surface area contributed by atoms with E-state index in [0.717, 1.165) is 32.2 Å². The van der Waals surface area contributed by atoms with Gasteiger partial charge in [-0.05, 0) is 37.3 Å². The summed E-state index contributed by atoms with van der Waals surface area (Å²) in [4.78, 5) is 2.27. The Labute approximate surface area is 111 Å². The predicted octanol–water partition coefficient (Wildman–Crippen LogP) is 2.70. The molecule has 0 fully saturated rings. The summed E-state index contributed by atoms with van der Waals surface area (Å²) in [7, 11) is 2.11. The van der Waals surface area contributed by atoms with Gasteiger partial charge >= 0.3 is 0 Å². The lowest BCUT2D eigenvalue weighted by atomic mass is 10.0. The second kappa shape index (κ2) is 8.11. The van der Waals surface area contributed by atoms with Crippen LogP contribution in [-0.2, 0) is 0 Å². The molecule has 3 heteroatoms. The minimum absolute atomic E-state index is 0.112. The average Bonchev–Trinajstić information content (AvgIpc) is 2.42. The molecule has 0 amide bonds. The van der Waals surface area contributed by atoms with E-state index >= 15 is 0 Å². The van der Waals surface area contributed by atoms with Crippen molar-refractivity contribution < 1.29 is 5.11 Å². The summed E-state index contributed by atoms with van der Waals surface area (Å²) >= 11 is 0. The monoisotopic (exact) mass is 250 g/mol. The molecule has 1 atom stereocenters. The van der Waals surface area contributed by atoms with Crippen molar-refractivity contribution in [2.24, 2.45) is 5.73 Å². The molecule has 18 heavy (non-hydrogen) atoms. The minimum atomic E-state index is 0.112. The van der Waals surface area contributed by atoms with Crippen molar-refractivity contribution >= 4 is 5.69 Å². The highest BCUT2D eigenvalue weighted by Gasteiger charge is 2.11. The van der Waals surface area contributed by atoms with Crippen molar-refractivity contribution in [2.45, 2.75) is 38.6 Å². The van der Waals surface area contributed by atoms with E-state index in [2.05, 4.69) is 37.1 Å². The number of hydrogen-bond acceptors (Lipinski definition) is 3. The Morgan fingerprint density at radius 1 is 1.22 bits per heavy atom. The Kier molecular flexibility index (Phi) is 6.76. The largest absolute Gasteiger partial charge is 0.396 e. The van der Waals surface area contributed by atoms with Crippen LogP contribution in [0.3, 0.4) is 0 Å². The maximum Gasteiger partial charge on any atom is 0.0431 e. The van der Waals surface area contributed by atoms with Gasteiger partial charge in [0.05, 0.1) is 0 Å². The zero-order valence-corrected chi connectivity index (χ0v) is 11.6. The SMILES string of the molecule is CC[C@H](N)c1ccccc1N(C)CCCCCO. The van der Waals surface area contributed by atoms with E-state index in [1.54, 1.807) is 0 Å². The third kappa shape index (κ3) is 4.31. The van der Waals surface area contributed by atoms with Crippen molar-refractivity contribution in [1.29, 1.82) is 0 Å². The van der Waals surface area contributed by atoms with Gasteiger partial charge in [-0.15, -0.1) is 0 Å². The number of aliphatic hydroxyl groups excluding tert-OH is 1. The molecule has 0 saturated carbocycles. The van der Waals surface area contributed by atoms with Crippen LogP contribution >= 0.6 is 0 Å². The summed E-state index contributed by atoms with van der Waals surface area (Å²) < 4.78 is 0. The number of para-hydroxylation sites is 1. The summed E-state index contributed by atoms with van der Waals surface area (Å²) in [5, 5.41) is 8.77. The smallest absolute Gasteiger partial charge is 0.0431 e. The van der Waals surface area contributed by atoms with Gasteiger partial charge in [-0.3, -0.25) is 0 Å². The quantitative estimate of drug-likeness (QED) is 0.697. The highest BCUT2D eigenvalue weighted by atomic mass is 16.2. The molecular weight excluding hydrogens is 224 g/mol. The Hall–Kier alpha value is -1.06. The zero-order valence-electron chi connectivity index (χ0n) is 11.6. The number of aliphatic hydroxyl groups is 1. The van der Waals surface area contributed by atoms with Gasteiger partial charge in [0.2, 0.25) is 0 Å². The first-order valence-electron chi connectivity index (χ1n) is 6.87. The maximum atomic E-state index is 8.77. The lowest BCUT2D eigenvalue weighted by Crippen LogP contribution is -2.22. The van der Waals surface area contributed by atoms with Crippen molar-refractivity contribution in [1.82, 2.24) is 0 Å². The molecular formula is C15H26N2O. The van der Waals surface area contributed by atoms with Gasteiger partial charge in [-0.1, -0.05) is 25.1 Å². The molecule has 102 valence electrons. The van der Waals surface area contributed by atoms with Gasteiger partial charge in [0.25, 0.3) is 0 Å². The van der Waals surface area contributed by atoms with Crippen molar-refractivity contribution in [3.8, 4) is 0 Å². The van der Waals surface area contributed by atoms with E-state index < -0.39 is 0 Å². The fraction of sp³-hybridized carbons (Fsp3) is 0.600. The van der Waals surface area contributed by atoms with E-state index in [-0.39, 0.29) is 6.04 Å². The van der Waals surface area contributed by atoms with Crippen LogP contribution in [0.4, 0.5) is 5.69 Å². The van der Waals surface area contributed by atoms with Gasteiger partial charge < -0.3 is 15.7 Å². The summed E-state index contributed by atoms with van der Waals surface area (Å²) in [6, 6.07) is 8.48. The summed E-state index contributed by atoms with van der Waals surface area (Å²) in [5.74, 6) is 0. The van der Waals surface area contributed by atoms with Crippen LogP contribution in [0.1, 0.15) is 44.2 Å². The fourth-order valence-corrected chi connectivity index (χ4v) is 2.13. The predicted molar refractivity (Wildman–Crippen MR) is 77.9 cm³/mol. The Morgan fingerprint density at radius 3 is 2.61 bits per heavy atom. The van der Waals surface area contributed by atoms with Gasteiger partial charge in [0.15, 0.2) is 0 Å². The zero-order chi connectivity index (χ0) is 13.4.